The highest BCUT2D eigenvalue weighted by Crippen LogP contribution is 2.77. The van der Waals surface area contributed by atoms with Gasteiger partial charge in [-0.15, -0.1) is 0 Å². The van der Waals surface area contributed by atoms with Gasteiger partial charge < -0.3 is 19.7 Å². The third-order valence-electron chi connectivity index (χ3n) is 16.5. The average molecular weight is 827 g/mol. The molecule has 2 N–H and O–H groups in total. The smallest absolute Gasteiger partial charge is 0.318 e. The predicted octanol–water partition coefficient (Wildman–Crippen LogP) is 8.88. The van der Waals surface area contributed by atoms with Crippen LogP contribution in [0.2, 0.25) is 0 Å². The molecule has 7 aliphatic rings. The van der Waals surface area contributed by atoms with Crippen LogP contribution in [0.3, 0.4) is 0 Å². The van der Waals surface area contributed by atoms with E-state index in [-0.39, 0.29) is 72.4 Å². The van der Waals surface area contributed by atoms with Crippen LogP contribution in [0.25, 0.3) is 0 Å². The van der Waals surface area contributed by atoms with E-state index in [9.17, 15) is 33.9 Å². The van der Waals surface area contributed by atoms with Crippen LogP contribution in [0.4, 0.5) is 0 Å². The molecule has 12 nitrogen and oxygen atoms in total. The van der Waals surface area contributed by atoms with E-state index < -0.39 is 64.4 Å². The Kier molecular flexibility index (Phi) is 14.5. The number of carboxylic acid groups (broad SMARTS) is 2. The van der Waals surface area contributed by atoms with Crippen molar-refractivity contribution in [3.05, 3.63) is 12.2 Å². The molecule has 0 amide bonds. The molecule has 7 fully saturated rings. The van der Waals surface area contributed by atoms with Crippen LogP contribution in [-0.4, -0.2) is 58.7 Å². The number of rotatable bonds is 22. The van der Waals surface area contributed by atoms with Gasteiger partial charge in [0.1, 0.15) is 0 Å². The summed E-state index contributed by atoms with van der Waals surface area (Å²) < 4.78 is 10.5. The van der Waals surface area contributed by atoms with Crippen LogP contribution >= 0.6 is 0 Å². The van der Waals surface area contributed by atoms with E-state index in [1.807, 2.05) is 6.92 Å². The third-order valence-corrected chi connectivity index (χ3v) is 16.5. The first-order valence-corrected chi connectivity index (χ1v) is 23.0. The molecule has 0 aromatic carbocycles. The minimum Gasteiger partial charge on any atom is -0.481 e. The Labute approximate surface area is 350 Å². The van der Waals surface area contributed by atoms with Crippen LogP contribution < -0.4 is 0 Å². The van der Waals surface area contributed by atoms with Gasteiger partial charge in [0.25, 0.3) is 0 Å². The van der Waals surface area contributed by atoms with Crippen molar-refractivity contribution < 1.29 is 58.2 Å². The van der Waals surface area contributed by atoms with Crippen molar-refractivity contribution in [2.75, 3.05) is 6.61 Å². The summed E-state index contributed by atoms with van der Waals surface area (Å²) in [6, 6.07) is 0. The summed E-state index contributed by atoms with van der Waals surface area (Å²) in [6.45, 7) is 10.9. The summed E-state index contributed by atoms with van der Waals surface area (Å²) in [7, 11) is 0. The number of carbonyl (C=O) groups excluding carboxylic acids is 4. The summed E-state index contributed by atoms with van der Waals surface area (Å²) in [5, 5.41) is 19.6. The molecule has 2 saturated heterocycles. The van der Waals surface area contributed by atoms with Crippen molar-refractivity contribution in [3.8, 4) is 0 Å². The van der Waals surface area contributed by atoms with Crippen LogP contribution in [0, 0.1) is 75.4 Å². The van der Waals surface area contributed by atoms with Crippen molar-refractivity contribution in [1.29, 1.82) is 0 Å². The first-order chi connectivity index (χ1) is 28.1. The molecule has 2 heterocycles. The Morgan fingerprint density at radius 2 is 1.63 bits per heavy atom. The lowest BCUT2D eigenvalue weighted by Gasteiger charge is -2.73. The van der Waals surface area contributed by atoms with Crippen molar-refractivity contribution >= 4 is 35.8 Å². The second kappa shape index (κ2) is 18.9. The van der Waals surface area contributed by atoms with Crippen molar-refractivity contribution in [2.45, 2.75) is 163 Å². The number of allylic oxidation sites excluding steroid dienone is 2. The number of hydrogen-bond acceptors (Lipinski definition) is 10. The molecular weight excluding hydrogens is 757 g/mol. The molecular formula is C47H70O12. The number of fused-ring (bicyclic) bond motifs is 2. The molecule has 59 heavy (non-hydrogen) atoms. The van der Waals surface area contributed by atoms with Gasteiger partial charge in [0.15, 0.2) is 0 Å². The van der Waals surface area contributed by atoms with E-state index in [2.05, 4.69) is 39.8 Å². The van der Waals surface area contributed by atoms with Crippen LogP contribution in [0.5, 0.6) is 0 Å². The second-order valence-corrected chi connectivity index (χ2v) is 20.0. The minimum atomic E-state index is -0.863. The highest BCUT2D eigenvalue weighted by Gasteiger charge is 2.77. The van der Waals surface area contributed by atoms with E-state index in [0.29, 0.717) is 44.9 Å². The summed E-state index contributed by atoms with van der Waals surface area (Å²) in [5.74, 6) is -5.21. The lowest BCUT2D eigenvalue weighted by atomic mass is 9.30. The number of carboxylic acids is 2. The van der Waals surface area contributed by atoms with E-state index in [1.54, 1.807) is 0 Å². The van der Waals surface area contributed by atoms with Gasteiger partial charge >= 0.3 is 35.8 Å². The highest BCUT2D eigenvalue weighted by molar-refractivity contribution is 5.98. The topological polar surface area (TPSA) is 180 Å². The molecule has 330 valence electrons. The van der Waals surface area contributed by atoms with Gasteiger partial charge in [0.2, 0.25) is 0 Å². The van der Waals surface area contributed by atoms with Gasteiger partial charge in [-0.3, -0.25) is 28.8 Å². The summed E-state index contributed by atoms with van der Waals surface area (Å²) >= 11 is 0. The fourth-order valence-electron chi connectivity index (χ4n) is 14.0. The Hall–Kier alpha value is -3.12. The van der Waals surface area contributed by atoms with Gasteiger partial charge in [-0.2, -0.15) is 0 Å². The fraction of sp³-hybridized carbons (Fsp3) is 0.830. The predicted molar refractivity (Wildman–Crippen MR) is 216 cm³/mol. The molecule has 5 aliphatic carbocycles. The van der Waals surface area contributed by atoms with E-state index in [0.717, 1.165) is 64.2 Å². The Morgan fingerprint density at radius 1 is 0.881 bits per heavy atom. The standard InChI is InChI=1S/C47H70O12/c1-6-7-8-12-16-29(31-26-37(50)57-41(31)51)19-20-30(17-13-10-9-11-14-18-36(48)49)59-56-27-33-38(28(2)3)32-25-35-45(4)22-15-23-46(5,44(54)55)34(45)21-24-47(33,35)40-39(32)42(52)58-43(40)53/h12,16,28-35,38-40H,6-11,13-15,17-27H2,1-5H3,(H,48,49)(H,54,55)/b16-12+. The molecule has 2 aliphatic heterocycles. The van der Waals surface area contributed by atoms with Gasteiger partial charge in [-0.1, -0.05) is 84.8 Å². The Bertz CT molecular complexity index is 1600. The molecule has 1 spiro atoms. The van der Waals surface area contributed by atoms with Gasteiger partial charge in [0, 0.05) is 6.42 Å². The van der Waals surface area contributed by atoms with Crippen LogP contribution in [-0.2, 0) is 48.0 Å². The zero-order valence-electron chi connectivity index (χ0n) is 36.1. The van der Waals surface area contributed by atoms with Crippen molar-refractivity contribution in [3.63, 3.8) is 0 Å². The number of unbranched alkanes of at least 4 members (excludes halogenated alkanes) is 6. The SMILES string of the molecule is CCCC/C=C/C(CCC(CCCCCCCC(=O)O)OOCC1C(C(C)C)C2CC3C4(C)CCCC(C)(C(=O)O)C4CCC13C1C(=O)OC(=O)C21)C1CC(=O)OC1=O. The normalized spacial score (nSPS) is 37.3. The molecule has 0 aromatic heterocycles. The Morgan fingerprint density at radius 3 is 2.31 bits per heavy atom. The molecule has 13 unspecified atom stereocenters. The van der Waals surface area contributed by atoms with Gasteiger partial charge in [0.05, 0.1) is 42.3 Å². The summed E-state index contributed by atoms with van der Waals surface area (Å²) in [6.07, 6.45) is 17.3. The molecule has 5 saturated carbocycles. The molecule has 0 aromatic rings. The maximum atomic E-state index is 13.9. The molecule has 2 bridgehead atoms. The molecule has 12 heteroatoms. The highest BCUT2D eigenvalue weighted by atomic mass is 17.2. The molecule has 13 atom stereocenters. The largest absolute Gasteiger partial charge is 0.481 e. The Balaban J connectivity index is 1.24. The lowest BCUT2D eigenvalue weighted by molar-refractivity contribution is -0.356. The number of cyclic esters (lactones) is 4. The number of esters is 4. The van der Waals surface area contributed by atoms with Crippen molar-refractivity contribution in [2.24, 2.45) is 75.4 Å². The fourth-order valence-corrected chi connectivity index (χ4v) is 14.0. The zero-order valence-corrected chi connectivity index (χ0v) is 36.1. The number of ether oxygens (including phenoxy) is 2. The molecule has 0 radical (unpaired) electrons. The first kappa shape index (κ1) is 45.4. The van der Waals surface area contributed by atoms with E-state index in [1.165, 1.54) is 0 Å². The minimum absolute atomic E-state index is 0.0204. The molecule has 7 rings (SSSR count). The van der Waals surface area contributed by atoms with E-state index in [4.69, 9.17) is 24.4 Å². The van der Waals surface area contributed by atoms with Gasteiger partial charge in [-0.05, 0) is 123 Å². The quantitative estimate of drug-likeness (QED) is 0.0265. The van der Waals surface area contributed by atoms with Crippen LogP contribution in [0.1, 0.15) is 157 Å². The lowest BCUT2D eigenvalue weighted by Crippen LogP contribution is -2.71. The number of aliphatic carboxylic acids is 2. The number of carbonyl (C=O) groups is 6. The first-order valence-electron chi connectivity index (χ1n) is 23.0. The summed E-state index contributed by atoms with van der Waals surface area (Å²) in [4.78, 5) is 89.1. The summed E-state index contributed by atoms with van der Waals surface area (Å²) in [5.41, 5.74) is -1.81. The zero-order chi connectivity index (χ0) is 42.7. The monoisotopic (exact) mass is 826 g/mol. The maximum absolute atomic E-state index is 13.9. The number of hydrogen-bond donors (Lipinski definition) is 2. The van der Waals surface area contributed by atoms with Gasteiger partial charge in [-0.25, -0.2) is 9.78 Å². The van der Waals surface area contributed by atoms with Crippen LogP contribution in [0.15, 0.2) is 12.2 Å². The average Bonchev–Trinajstić information content (AvgIpc) is 3.69. The second-order valence-electron chi connectivity index (χ2n) is 20.0. The van der Waals surface area contributed by atoms with Crippen molar-refractivity contribution in [1.82, 2.24) is 0 Å². The van der Waals surface area contributed by atoms with E-state index >= 15 is 0 Å². The third kappa shape index (κ3) is 8.82. The maximum Gasteiger partial charge on any atom is 0.318 e.